The lowest BCUT2D eigenvalue weighted by atomic mass is 10.1. The maximum Gasteiger partial charge on any atom is 0.257 e. The van der Waals surface area contributed by atoms with Gasteiger partial charge in [-0.3, -0.25) is 14.9 Å². The van der Waals surface area contributed by atoms with E-state index in [9.17, 15) is 9.59 Å². The average Bonchev–Trinajstić information content (AvgIpc) is 2.76. The van der Waals surface area contributed by atoms with Gasteiger partial charge in [0.05, 0.1) is 11.1 Å². The van der Waals surface area contributed by atoms with Gasteiger partial charge in [0.1, 0.15) is 5.75 Å². The predicted molar refractivity (Wildman–Crippen MR) is 130 cm³/mol. The second-order valence-corrected chi connectivity index (χ2v) is 8.03. The molecule has 7 heteroatoms. The van der Waals surface area contributed by atoms with Gasteiger partial charge >= 0.3 is 0 Å². The van der Waals surface area contributed by atoms with Crippen molar-refractivity contribution in [2.75, 3.05) is 11.9 Å². The van der Waals surface area contributed by atoms with Crippen molar-refractivity contribution in [1.82, 2.24) is 5.32 Å². The molecule has 2 N–H and O–H groups in total. The minimum absolute atomic E-state index is 0.0134. The fraction of sp³-hybridized carbons (Fsp3) is 0.125. The number of hydrogen-bond acceptors (Lipinski definition) is 4. The Morgan fingerprint density at radius 1 is 0.968 bits per heavy atom. The van der Waals surface area contributed by atoms with Gasteiger partial charge in [0.2, 0.25) is 0 Å². The molecule has 3 aromatic rings. The summed E-state index contributed by atoms with van der Waals surface area (Å²) in [5, 5.41) is 5.74. The van der Waals surface area contributed by atoms with E-state index < -0.39 is 0 Å². The van der Waals surface area contributed by atoms with Gasteiger partial charge in [0.25, 0.3) is 5.91 Å². The molecule has 1 amide bonds. The summed E-state index contributed by atoms with van der Waals surface area (Å²) in [4.78, 5) is 23.8. The third kappa shape index (κ3) is 6.73. The Morgan fingerprint density at radius 2 is 1.65 bits per heavy atom. The van der Waals surface area contributed by atoms with Crippen LogP contribution < -0.4 is 15.4 Å². The van der Waals surface area contributed by atoms with Gasteiger partial charge in [-0.2, -0.15) is 0 Å². The molecule has 0 aliphatic rings. The van der Waals surface area contributed by atoms with E-state index in [1.54, 1.807) is 42.5 Å². The quantitative estimate of drug-likeness (QED) is 0.338. The van der Waals surface area contributed by atoms with Crippen LogP contribution in [0.3, 0.4) is 0 Å². The van der Waals surface area contributed by atoms with E-state index in [2.05, 4.69) is 38.7 Å². The smallest absolute Gasteiger partial charge is 0.257 e. The molecule has 0 unspecified atom stereocenters. The first kappa shape index (κ1) is 22.7. The maximum absolute atomic E-state index is 12.5. The van der Waals surface area contributed by atoms with Gasteiger partial charge in [-0.15, -0.1) is 0 Å². The number of amides is 1. The van der Waals surface area contributed by atoms with Gasteiger partial charge in [-0.1, -0.05) is 30.3 Å². The van der Waals surface area contributed by atoms with Crippen LogP contribution in [-0.4, -0.2) is 23.4 Å². The lowest BCUT2D eigenvalue weighted by molar-refractivity contribution is 0.0976. The lowest BCUT2D eigenvalue weighted by Gasteiger charge is -2.12. The summed E-state index contributed by atoms with van der Waals surface area (Å²) in [5.74, 6) is 0.314. The summed E-state index contributed by atoms with van der Waals surface area (Å²) in [6.45, 7) is 2.04. The third-order valence-corrected chi connectivity index (χ3v) is 5.29. The summed E-state index contributed by atoms with van der Waals surface area (Å²) >= 11 is 8.67. The maximum atomic E-state index is 12.5. The van der Waals surface area contributed by atoms with Crippen molar-refractivity contribution in [3.63, 3.8) is 0 Å². The van der Waals surface area contributed by atoms with Gasteiger partial charge in [0.15, 0.2) is 10.9 Å². The van der Waals surface area contributed by atoms with Gasteiger partial charge in [0, 0.05) is 23.2 Å². The summed E-state index contributed by atoms with van der Waals surface area (Å²) in [5.41, 5.74) is 2.93. The molecule has 0 atom stereocenters. The van der Waals surface area contributed by atoms with Crippen LogP contribution in [0.15, 0.2) is 77.3 Å². The van der Waals surface area contributed by atoms with Crippen molar-refractivity contribution < 1.29 is 14.3 Å². The Balaban J connectivity index is 1.53. The number of halogens is 1. The molecule has 0 bridgehead atoms. The summed E-state index contributed by atoms with van der Waals surface area (Å²) < 4.78 is 6.51. The van der Waals surface area contributed by atoms with Crippen LogP contribution in [0.2, 0.25) is 0 Å². The van der Waals surface area contributed by atoms with Gasteiger partial charge in [-0.05, 0) is 83.1 Å². The first-order valence-corrected chi connectivity index (χ1v) is 10.8. The number of Topliss-reactive ketones (excluding diaryl/α,β-unsaturated/α-hetero) is 1. The zero-order valence-corrected chi connectivity index (χ0v) is 19.3. The van der Waals surface area contributed by atoms with Crippen molar-refractivity contribution in [3.8, 4) is 5.75 Å². The van der Waals surface area contributed by atoms with E-state index in [1.165, 1.54) is 12.5 Å². The second kappa shape index (κ2) is 10.8. The monoisotopic (exact) mass is 496 g/mol. The minimum Gasteiger partial charge on any atom is -0.492 e. The number of carbonyl (C=O) groups excluding carboxylic acids is 2. The van der Waals surface area contributed by atoms with Gasteiger partial charge in [-0.25, -0.2) is 0 Å². The Bertz CT molecular complexity index is 1090. The number of benzene rings is 3. The van der Waals surface area contributed by atoms with E-state index in [-0.39, 0.29) is 16.8 Å². The average molecular weight is 497 g/mol. The van der Waals surface area contributed by atoms with Crippen LogP contribution in [0.4, 0.5) is 5.69 Å². The molecule has 0 aromatic heterocycles. The number of thiocarbonyl (C=S) groups is 1. The van der Waals surface area contributed by atoms with E-state index >= 15 is 0 Å². The normalized spacial score (nSPS) is 10.3. The van der Waals surface area contributed by atoms with E-state index in [0.29, 0.717) is 33.6 Å². The fourth-order valence-corrected chi connectivity index (χ4v) is 3.51. The highest BCUT2D eigenvalue weighted by atomic mass is 79.9. The fourth-order valence-electron chi connectivity index (χ4n) is 2.81. The van der Waals surface area contributed by atoms with Crippen LogP contribution in [0, 0.1) is 0 Å². The molecule has 0 saturated heterocycles. The van der Waals surface area contributed by atoms with Crippen LogP contribution in [0.25, 0.3) is 0 Å². The number of carbonyl (C=O) groups is 2. The van der Waals surface area contributed by atoms with Crippen molar-refractivity contribution >= 4 is 50.6 Å². The number of nitrogens with one attached hydrogen (secondary N) is 2. The molecule has 0 saturated carbocycles. The zero-order valence-electron chi connectivity index (χ0n) is 16.9. The highest BCUT2D eigenvalue weighted by Crippen LogP contribution is 2.26. The molecular formula is C24H21BrN2O3S. The first-order chi connectivity index (χ1) is 14.9. The largest absolute Gasteiger partial charge is 0.492 e. The van der Waals surface area contributed by atoms with E-state index in [1.807, 2.05) is 18.2 Å². The molecule has 0 radical (unpaired) electrons. The number of ketones is 1. The van der Waals surface area contributed by atoms with Crippen molar-refractivity contribution in [2.45, 2.75) is 13.3 Å². The summed E-state index contributed by atoms with van der Waals surface area (Å²) in [6.07, 6.45) is 0.794. The molecule has 0 heterocycles. The van der Waals surface area contributed by atoms with Crippen LogP contribution in [-0.2, 0) is 6.42 Å². The molecule has 5 nitrogen and oxygen atoms in total. The molecule has 158 valence electrons. The van der Waals surface area contributed by atoms with E-state index in [0.717, 1.165) is 6.42 Å². The standard InChI is InChI=1S/C24H21BrN2O3S/c1-16(28)18-7-10-20(11-8-18)26-24(31)27-23(29)19-9-12-22(21(25)15-19)30-14-13-17-5-3-2-4-6-17/h2-12,15H,13-14H2,1H3,(H2,26,27,29,31). The topological polar surface area (TPSA) is 67.4 Å². The lowest BCUT2D eigenvalue weighted by Crippen LogP contribution is -2.34. The molecule has 0 aliphatic heterocycles. The van der Waals surface area contributed by atoms with Crippen molar-refractivity contribution in [2.24, 2.45) is 0 Å². The summed E-state index contributed by atoms with van der Waals surface area (Å²) in [6, 6.07) is 22.1. The zero-order chi connectivity index (χ0) is 22.2. The molecular weight excluding hydrogens is 476 g/mol. The number of anilines is 1. The highest BCUT2D eigenvalue weighted by molar-refractivity contribution is 9.10. The van der Waals surface area contributed by atoms with Crippen LogP contribution >= 0.6 is 28.1 Å². The molecule has 3 aromatic carbocycles. The Hall–Kier alpha value is -3.03. The minimum atomic E-state index is -0.339. The molecule has 0 aliphatic carbocycles. The first-order valence-electron chi connectivity index (χ1n) is 9.62. The second-order valence-electron chi connectivity index (χ2n) is 6.77. The highest BCUT2D eigenvalue weighted by Gasteiger charge is 2.11. The predicted octanol–water partition coefficient (Wildman–Crippen LogP) is 5.40. The SMILES string of the molecule is CC(=O)c1ccc(NC(=S)NC(=O)c2ccc(OCCc3ccccc3)c(Br)c2)cc1. The molecule has 0 spiro atoms. The number of hydrogen-bond donors (Lipinski definition) is 2. The molecule has 3 rings (SSSR count). The third-order valence-electron chi connectivity index (χ3n) is 4.46. The Kier molecular flexibility index (Phi) is 7.92. The Labute approximate surface area is 194 Å². The van der Waals surface area contributed by atoms with Crippen LogP contribution in [0.1, 0.15) is 33.2 Å². The van der Waals surface area contributed by atoms with Crippen molar-refractivity contribution in [1.29, 1.82) is 0 Å². The Morgan fingerprint density at radius 3 is 2.29 bits per heavy atom. The van der Waals surface area contributed by atoms with Crippen LogP contribution in [0.5, 0.6) is 5.75 Å². The number of ether oxygens (including phenoxy) is 1. The van der Waals surface area contributed by atoms with E-state index in [4.69, 9.17) is 17.0 Å². The van der Waals surface area contributed by atoms with Crippen molar-refractivity contribution in [3.05, 3.63) is 94.0 Å². The van der Waals surface area contributed by atoms with Gasteiger partial charge < -0.3 is 10.1 Å². The summed E-state index contributed by atoms with van der Waals surface area (Å²) in [7, 11) is 0. The number of rotatable bonds is 7. The molecule has 0 fully saturated rings. The molecule has 31 heavy (non-hydrogen) atoms.